The van der Waals surface area contributed by atoms with Crippen molar-refractivity contribution in [2.24, 2.45) is 11.3 Å². The fraction of sp³-hybridized carbons (Fsp3) is 0.889. The van der Waals surface area contributed by atoms with Crippen LogP contribution < -0.4 is 5.32 Å². The van der Waals surface area contributed by atoms with Crippen LogP contribution >= 0.6 is 12.4 Å². The monoisotopic (exact) mass is 372 g/mol. The van der Waals surface area contributed by atoms with Crippen LogP contribution in [0.3, 0.4) is 0 Å². The minimum atomic E-state index is -0.163. The van der Waals surface area contributed by atoms with Gasteiger partial charge in [-0.1, -0.05) is 12.8 Å². The highest BCUT2D eigenvalue weighted by atomic mass is 35.5. The van der Waals surface area contributed by atoms with Gasteiger partial charge in [0.1, 0.15) is 0 Å². The van der Waals surface area contributed by atoms with Crippen LogP contribution in [0.4, 0.5) is 4.79 Å². The van der Waals surface area contributed by atoms with Crippen LogP contribution in [0.5, 0.6) is 0 Å². The zero-order chi connectivity index (χ0) is 17.2. The van der Waals surface area contributed by atoms with Crippen molar-refractivity contribution < 1.29 is 9.59 Å². The summed E-state index contributed by atoms with van der Waals surface area (Å²) < 4.78 is 0. The summed E-state index contributed by atoms with van der Waals surface area (Å²) in [4.78, 5) is 31.5. The molecular formula is C18H33ClN4O2. The molecule has 0 aromatic rings. The van der Waals surface area contributed by atoms with E-state index in [0.717, 1.165) is 32.6 Å². The second-order valence-corrected chi connectivity index (χ2v) is 7.46. The maximum Gasteiger partial charge on any atom is 0.320 e. The first-order valence-corrected chi connectivity index (χ1v) is 9.66. The maximum atomic E-state index is 13.3. The van der Waals surface area contributed by atoms with Crippen molar-refractivity contribution >= 4 is 24.3 Å². The van der Waals surface area contributed by atoms with E-state index in [4.69, 9.17) is 0 Å². The molecule has 7 heteroatoms. The van der Waals surface area contributed by atoms with Gasteiger partial charge in [0.2, 0.25) is 5.91 Å². The summed E-state index contributed by atoms with van der Waals surface area (Å²) in [5, 5.41) is 3.46. The lowest BCUT2D eigenvalue weighted by Crippen LogP contribution is -2.58. The van der Waals surface area contributed by atoms with Gasteiger partial charge in [-0.05, 0) is 39.2 Å². The standard InChI is InChI=1S/C18H32N4O2.ClH/c1-3-20(4-2)17(24)22-11-9-21(10-12-22)16(23)18-8-6-5-7-15(18)13-19-14-18;/h15,19H,3-14H2,1-2H3;1H/t15-,18+;/m0./s1. The van der Waals surface area contributed by atoms with Gasteiger partial charge in [0, 0.05) is 45.8 Å². The molecule has 2 saturated heterocycles. The molecule has 6 nitrogen and oxygen atoms in total. The molecule has 1 N–H and O–H groups in total. The molecule has 0 spiro atoms. The number of nitrogens with one attached hydrogen (secondary N) is 1. The van der Waals surface area contributed by atoms with E-state index in [1.807, 2.05) is 28.5 Å². The van der Waals surface area contributed by atoms with Crippen molar-refractivity contribution in [2.45, 2.75) is 39.5 Å². The van der Waals surface area contributed by atoms with Gasteiger partial charge < -0.3 is 20.0 Å². The van der Waals surface area contributed by atoms with Gasteiger partial charge in [-0.25, -0.2) is 4.79 Å². The summed E-state index contributed by atoms with van der Waals surface area (Å²) >= 11 is 0. The van der Waals surface area contributed by atoms with Crippen LogP contribution in [0, 0.1) is 11.3 Å². The quantitative estimate of drug-likeness (QED) is 0.821. The molecule has 0 unspecified atom stereocenters. The van der Waals surface area contributed by atoms with E-state index in [1.54, 1.807) is 0 Å². The van der Waals surface area contributed by atoms with Crippen LogP contribution in [-0.2, 0) is 4.79 Å². The van der Waals surface area contributed by atoms with E-state index in [1.165, 1.54) is 19.3 Å². The number of amides is 3. The Labute approximate surface area is 157 Å². The number of hydrogen-bond donors (Lipinski definition) is 1. The molecule has 3 amide bonds. The third kappa shape index (κ3) is 3.75. The molecule has 3 fully saturated rings. The molecule has 2 heterocycles. The fourth-order valence-electron chi connectivity index (χ4n) is 4.78. The van der Waals surface area contributed by atoms with Crippen molar-refractivity contribution in [1.29, 1.82) is 0 Å². The second kappa shape index (κ2) is 8.58. The van der Waals surface area contributed by atoms with Gasteiger partial charge in [0.15, 0.2) is 0 Å². The van der Waals surface area contributed by atoms with Gasteiger partial charge in [-0.15, -0.1) is 12.4 Å². The lowest BCUT2D eigenvalue weighted by Gasteiger charge is -2.44. The first kappa shape index (κ1) is 20.3. The number of nitrogens with zero attached hydrogens (tertiary/aromatic N) is 3. The minimum Gasteiger partial charge on any atom is -0.339 e. The van der Waals surface area contributed by atoms with Crippen LogP contribution in [0.1, 0.15) is 39.5 Å². The summed E-state index contributed by atoms with van der Waals surface area (Å²) in [5.74, 6) is 0.848. The first-order valence-electron chi connectivity index (χ1n) is 9.66. The molecule has 0 aromatic carbocycles. The fourth-order valence-corrected chi connectivity index (χ4v) is 4.78. The van der Waals surface area contributed by atoms with Crippen LogP contribution in [0.2, 0.25) is 0 Å². The minimum absolute atomic E-state index is 0. The van der Waals surface area contributed by atoms with E-state index in [-0.39, 0.29) is 23.9 Å². The van der Waals surface area contributed by atoms with E-state index in [9.17, 15) is 9.59 Å². The highest BCUT2D eigenvalue weighted by Crippen LogP contribution is 2.45. The Balaban J connectivity index is 0.00000225. The van der Waals surface area contributed by atoms with Crippen LogP contribution in [0.15, 0.2) is 0 Å². The number of piperazine rings is 1. The Hall–Kier alpha value is -1.01. The molecule has 144 valence electrons. The largest absolute Gasteiger partial charge is 0.339 e. The number of urea groups is 1. The molecule has 0 radical (unpaired) electrons. The van der Waals surface area contributed by atoms with E-state index >= 15 is 0 Å². The SMILES string of the molecule is CCN(CC)C(=O)N1CCN(C(=O)[C@@]23CCCC[C@H]2CNC3)CC1.Cl. The molecule has 2 aliphatic heterocycles. The van der Waals surface area contributed by atoms with Crippen LogP contribution in [-0.4, -0.2) is 79.0 Å². The third-order valence-corrected chi connectivity index (χ3v) is 6.34. The van der Waals surface area contributed by atoms with E-state index in [2.05, 4.69) is 5.32 Å². The summed E-state index contributed by atoms with van der Waals surface area (Å²) in [6, 6.07) is 0.114. The second-order valence-electron chi connectivity index (χ2n) is 7.46. The molecule has 0 bridgehead atoms. The van der Waals surface area contributed by atoms with Gasteiger partial charge in [0.05, 0.1) is 5.41 Å². The summed E-state index contributed by atoms with van der Waals surface area (Å²) in [7, 11) is 0. The van der Waals surface area contributed by atoms with Gasteiger partial charge in [-0.2, -0.15) is 0 Å². The van der Waals surface area contributed by atoms with Crippen molar-refractivity contribution in [3.8, 4) is 0 Å². The Kier molecular flexibility index (Phi) is 6.97. The normalized spacial score (nSPS) is 29.0. The third-order valence-electron chi connectivity index (χ3n) is 6.34. The molecule has 1 saturated carbocycles. The van der Waals surface area contributed by atoms with Crippen molar-refractivity contribution in [3.05, 3.63) is 0 Å². The van der Waals surface area contributed by atoms with Gasteiger partial charge >= 0.3 is 6.03 Å². The number of fused-ring (bicyclic) bond motifs is 1. The predicted octanol–water partition coefficient (Wildman–Crippen LogP) is 1.79. The average molecular weight is 373 g/mol. The van der Waals surface area contributed by atoms with Crippen molar-refractivity contribution in [3.63, 3.8) is 0 Å². The molecule has 1 aliphatic carbocycles. The van der Waals surface area contributed by atoms with Gasteiger partial charge in [0.25, 0.3) is 0 Å². The van der Waals surface area contributed by atoms with E-state index < -0.39 is 0 Å². The number of hydrogen-bond acceptors (Lipinski definition) is 3. The Morgan fingerprint density at radius 3 is 2.36 bits per heavy atom. The smallest absolute Gasteiger partial charge is 0.320 e. The van der Waals surface area contributed by atoms with E-state index in [0.29, 0.717) is 38.0 Å². The molecule has 3 rings (SSSR count). The van der Waals surface area contributed by atoms with Crippen molar-refractivity contribution in [1.82, 2.24) is 20.0 Å². The lowest BCUT2D eigenvalue weighted by molar-refractivity contribution is -0.147. The van der Waals surface area contributed by atoms with Crippen LogP contribution in [0.25, 0.3) is 0 Å². The summed E-state index contributed by atoms with van der Waals surface area (Å²) in [5.41, 5.74) is -0.163. The molecule has 3 aliphatic rings. The Bertz CT molecular complexity index is 478. The molecular weight excluding hydrogens is 340 g/mol. The maximum absolute atomic E-state index is 13.3. The highest BCUT2D eigenvalue weighted by Gasteiger charge is 2.51. The average Bonchev–Trinajstić information content (AvgIpc) is 3.07. The number of carbonyl (C=O) groups excluding carboxylic acids is 2. The first-order chi connectivity index (χ1) is 11.6. The topological polar surface area (TPSA) is 55.9 Å². The molecule has 2 atom stereocenters. The zero-order valence-corrected chi connectivity index (χ0v) is 16.4. The summed E-state index contributed by atoms with van der Waals surface area (Å²) in [6.07, 6.45) is 4.64. The predicted molar refractivity (Wildman–Crippen MR) is 101 cm³/mol. The zero-order valence-electron chi connectivity index (χ0n) is 15.6. The van der Waals surface area contributed by atoms with Crippen molar-refractivity contribution in [2.75, 3.05) is 52.4 Å². The number of rotatable bonds is 3. The number of halogens is 1. The number of carbonyl (C=O) groups is 2. The Morgan fingerprint density at radius 2 is 1.72 bits per heavy atom. The highest BCUT2D eigenvalue weighted by molar-refractivity contribution is 5.85. The molecule has 25 heavy (non-hydrogen) atoms. The Morgan fingerprint density at radius 1 is 1.08 bits per heavy atom. The van der Waals surface area contributed by atoms with Gasteiger partial charge in [-0.3, -0.25) is 4.79 Å². The summed E-state index contributed by atoms with van der Waals surface area (Å²) in [6.45, 7) is 10.0. The molecule has 0 aromatic heterocycles. The lowest BCUT2D eigenvalue weighted by atomic mass is 9.67.